The molecular weight excluding hydrogens is 260 g/mol. The minimum absolute atomic E-state index is 0.0661. The molecule has 0 amide bonds. The lowest BCUT2D eigenvalue weighted by molar-refractivity contribution is 0.631. The molecule has 0 spiro atoms. The second kappa shape index (κ2) is 5.13. The van der Waals surface area contributed by atoms with E-state index < -0.39 is 0 Å². The number of benzene rings is 1. The van der Waals surface area contributed by atoms with Crippen molar-refractivity contribution in [3.05, 3.63) is 48.8 Å². The van der Waals surface area contributed by atoms with E-state index in [0.29, 0.717) is 5.82 Å². The number of fused-ring (bicyclic) bond motifs is 1. The number of para-hydroxylation sites is 1. The van der Waals surface area contributed by atoms with Crippen molar-refractivity contribution in [1.29, 1.82) is 0 Å². The summed E-state index contributed by atoms with van der Waals surface area (Å²) in [6, 6.07) is 11.9. The summed E-state index contributed by atoms with van der Waals surface area (Å²) in [6.45, 7) is 6.36. The van der Waals surface area contributed by atoms with Crippen LogP contribution in [0.3, 0.4) is 0 Å². The van der Waals surface area contributed by atoms with E-state index in [9.17, 15) is 0 Å². The fourth-order valence-corrected chi connectivity index (χ4v) is 2.15. The number of hydrogen-bond donors (Lipinski definition) is 1. The second-order valence-electron chi connectivity index (χ2n) is 6.03. The summed E-state index contributed by atoms with van der Waals surface area (Å²) in [5.41, 5.74) is 1.78. The van der Waals surface area contributed by atoms with Crippen molar-refractivity contribution >= 4 is 16.7 Å². The SMILES string of the molecule is CC(C)(C)Nc1nc(-c2cccnc2)nc2ccccc12. The normalized spacial score (nSPS) is 11.6. The Morgan fingerprint density at radius 2 is 1.76 bits per heavy atom. The zero-order valence-corrected chi connectivity index (χ0v) is 12.5. The Hall–Kier alpha value is -2.49. The Kier molecular flexibility index (Phi) is 3.29. The molecule has 0 radical (unpaired) electrons. The molecule has 0 saturated carbocycles. The number of aromatic nitrogens is 3. The molecule has 0 bridgehead atoms. The van der Waals surface area contributed by atoms with E-state index in [-0.39, 0.29) is 5.54 Å². The largest absolute Gasteiger partial charge is 0.365 e. The van der Waals surface area contributed by atoms with Gasteiger partial charge in [-0.3, -0.25) is 4.98 Å². The summed E-state index contributed by atoms with van der Waals surface area (Å²) in [5, 5.41) is 4.49. The van der Waals surface area contributed by atoms with Crippen molar-refractivity contribution in [2.75, 3.05) is 5.32 Å². The molecule has 0 saturated heterocycles. The third-order valence-corrected chi connectivity index (χ3v) is 3.02. The van der Waals surface area contributed by atoms with Gasteiger partial charge in [0.25, 0.3) is 0 Å². The molecule has 3 aromatic rings. The first kappa shape index (κ1) is 13.5. The van der Waals surface area contributed by atoms with Gasteiger partial charge in [0.1, 0.15) is 5.82 Å². The maximum absolute atomic E-state index is 4.69. The average Bonchev–Trinajstić information content (AvgIpc) is 2.46. The van der Waals surface area contributed by atoms with Gasteiger partial charge in [-0.15, -0.1) is 0 Å². The maximum Gasteiger partial charge on any atom is 0.163 e. The third kappa shape index (κ3) is 2.99. The highest BCUT2D eigenvalue weighted by atomic mass is 15.1. The molecule has 1 N–H and O–H groups in total. The lowest BCUT2D eigenvalue weighted by Gasteiger charge is -2.22. The fourth-order valence-electron chi connectivity index (χ4n) is 2.15. The van der Waals surface area contributed by atoms with Gasteiger partial charge in [0.05, 0.1) is 5.52 Å². The molecule has 2 heterocycles. The van der Waals surface area contributed by atoms with Gasteiger partial charge in [0.15, 0.2) is 5.82 Å². The molecule has 106 valence electrons. The molecule has 0 fully saturated rings. The van der Waals surface area contributed by atoms with Crippen LogP contribution < -0.4 is 5.32 Å². The van der Waals surface area contributed by atoms with Crippen LogP contribution in [-0.4, -0.2) is 20.5 Å². The van der Waals surface area contributed by atoms with Crippen LogP contribution in [0.1, 0.15) is 20.8 Å². The highest BCUT2D eigenvalue weighted by Crippen LogP contribution is 2.26. The third-order valence-electron chi connectivity index (χ3n) is 3.02. The average molecular weight is 278 g/mol. The molecule has 0 aliphatic rings. The van der Waals surface area contributed by atoms with E-state index in [1.807, 2.05) is 36.4 Å². The molecular formula is C17H18N4. The van der Waals surface area contributed by atoms with Gasteiger partial charge in [0.2, 0.25) is 0 Å². The summed E-state index contributed by atoms with van der Waals surface area (Å²) >= 11 is 0. The van der Waals surface area contributed by atoms with Gasteiger partial charge in [-0.2, -0.15) is 0 Å². The molecule has 4 nitrogen and oxygen atoms in total. The van der Waals surface area contributed by atoms with Crippen molar-refractivity contribution in [3.63, 3.8) is 0 Å². The first-order valence-electron chi connectivity index (χ1n) is 6.98. The van der Waals surface area contributed by atoms with Crippen LogP contribution in [0.15, 0.2) is 48.8 Å². The van der Waals surface area contributed by atoms with Crippen molar-refractivity contribution in [3.8, 4) is 11.4 Å². The second-order valence-corrected chi connectivity index (χ2v) is 6.03. The van der Waals surface area contributed by atoms with Crippen LogP contribution in [0.4, 0.5) is 5.82 Å². The number of pyridine rings is 1. The minimum Gasteiger partial charge on any atom is -0.365 e. The Bertz CT molecular complexity index is 761. The summed E-state index contributed by atoms with van der Waals surface area (Å²) in [7, 11) is 0. The minimum atomic E-state index is -0.0661. The molecule has 0 aliphatic carbocycles. The van der Waals surface area contributed by atoms with Crippen molar-refractivity contribution in [1.82, 2.24) is 15.0 Å². The van der Waals surface area contributed by atoms with E-state index in [1.165, 1.54) is 0 Å². The van der Waals surface area contributed by atoms with E-state index in [4.69, 9.17) is 4.98 Å². The Morgan fingerprint density at radius 1 is 0.952 bits per heavy atom. The number of anilines is 1. The highest BCUT2D eigenvalue weighted by Gasteiger charge is 2.15. The van der Waals surface area contributed by atoms with E-state index in [1.54, 1.807) is 12.4 Å². The smallest absolute Gasteiger partial charge is 0.163 e. The first-order chi connectivity index (χ1) is 10.0. The van der Waals surface area contributed by atoms with Crippen LogP contribution in [0.25, 0.3) is 22.3 Å². The van der Waals surface area contributed by atoms with Crippen LogP contribution in [0, 0.1) is 0 Å². The van der Waals surface area contributed by atoms with E-state index >= 15 is 0 Å². The Labute approximate surface area is 124 Å². The predicted octanol–water partition coefficient (Wildman–Crippen LogP) is 3.90. The van der Waals surface area contributed by atoms with Gasteiger partial charge >= 0.3 is 0 Å². The lowest BCUT2D eigenvalue weighted by atomic mass is 10.1. The highest BCUT2D eigenvalue weighted by molar-refractivity contribution is 5.90. The molecule has 4 heteroatoms. The molecule has 2 aromatic heterocycles. The summed E-state index contributed by atoms with van der Waals surface area (Å²) in [4.78, 5) is 13.5. The molecule has 0 atom stereocenters. The quantitative estimate of drug-likeness (QED) is 0.772. The van der Waals surface area contributed by atoms with Gasteiger partial charge in [-0.25, -0.2) is 9.97 Å². The van der Waals surface area contributed by atoms with E-state index in [2.05, 4.69) is 36.1 Å². The van der Waals surface area contributed by atoms with Crippen LogP contribution in [-0.2, 0) is 0 Å². The molecule has 0 aliphatic heterocycles. The van der Waals surface area contributed by atoms with Crippen LogP contribution >= 0.6 is 0 Å². The summed E-state index contributed by atoms with van der Waals surface area (Å²) in [6.07, 6.45) is 3.53. The van der Waals surface area contributed by atoms with Crippen molar-refractivity contribution in [2.24, 2.45) is 0 Å². The monoisotopic (exact) mass is 278 g/mol. The van der Waals surface area contributed by atoms with Crippen LogP contribution in [0.2, 0.25) is 0 Å². The number of nitrogens with zero attached hydrogens (tertiary/aromatic N) is 3. The topological polar surface area (TPSA) is 50.7 Å². The van der Waals surface area contributed by atoms with Gasteiger partial charge in [-0.05, 0) is 45.0 Å². The van der Waals surface area contributed by atoms with Crippen LogP contribution in [0.5, 0.6) is 0 Å². The number of hydrogen-bond acceptors (Lipinski definition) is 4. The summed E-state index contributed by atoms with van der Waals surface area (Å²) < 4.78 is 0. The van der Waals surface area contributed by atoms with Gasteiger partial charge in [-0.1, -0.05) is 12.1 Å². The number of rotatable bonds is 2. The Morgan fingerprint density at radius 3 is 2.48 bits per heavy atom. The number of nitrogens with one attached hydrogen (secondary N) is 1. The molecule has 1 aromatic carbocycles. The standard InChI is InChI=1S/C17H18N4/c1-17(2,3)21-16-13-8-4-5-9-14(13)19-15(20-16)12-7-6-10-18-11-12/h4-11H,1-3H3,(H,19,20,21). The zero-order valence-electron chi connectivity index (χ0n) is 12.5. The zero-order chi connectivity index (χ0) is 14.9. The Balaban J connectivity index is 2.20. The summed E-state index contributed by atoms with van der Waals surface area (Å²) in [5.74, 6) is 1.54. The first-order valence-corrected chi connectivity index (χ1v) is 6.98. The maximum atomic E-state index is 4.69. The molecule has 21 heavy (non-hydrogen) atoms. The fraction of sp³-hybridized carbons (Fsp3) is 0.235. The van der Waals surface area contributed by atoms with Gasteiger partial charge < -0.3 is 5.32 Å². The van der Waals surface area contributed by atoms with Gasteiger partial charge in [0, 0.05) is 28.9 Å². The van der Waals surface area contributed by atoms with E-state index in [0.717, 1.165) is 22.3 Å². The molecule has 0 unspecified atom stereocenters. The van der Waals surface area contributed by atoms with Crippen molar-refractivity contribution < 1.29 is 0 Å². The molecule has 3 rings (SSSR count). The lowest BCUT2D eigenvalue weighted by Crippen LogP contribution is -2.27. The van der Waals surface area contributed by atoms with Crippen molar-refractivity contribution in [2.45, 2.75) is 26.3 Å². The predicted molar refractivity (Wildman–Crippen MR) is 86.1 cm³/mol.